The summed E-state index contributed by atoms with van der Waals surface area (Å²) in [6.45, 7) is 11.1. The molecule has 2 saturated heterocycles. The zero-order chi connectivity index (χ0) is 24.6. The van der Waals surface area contributed by atoms with Crippen LogP contribution < -0.4 is 0 Å². The first-order valence-electron chi connectivity index (χ1n) is 14.9. The summed E-state index contributed by atoms with van der Waals surface area (Å²) in [5.41, 5.74) is -1.38. The monoisotopic (exact) mass is 487 g/mol. The van der Waals surface area contributed by atoms with Gasteiger partial charge in [-0.05, 0) is 106 Å². The lowest BCUT2D eigenvalue weighted by Crippen LogP contribution is -2.80. The van der Waals surface area contributed by atoms with Crippen LogP contribution in [0.15, 0.2) is 0 Å². The second kappa shape index (κ2) is 7.25. The lowest BCUT2D eigenvalue weighted by atomic mass is 9.31. The van der Waals surface area contributed by atoms with Gasteiger partial charge in [-0.25, -0.2) is 0 Å². The van der Waals surface area contributed by atoms with Crippen molar-refractivity contribution < 1.29 is 19.7 Å². The van der Waals surface area contributed by atoms with Crippen LogP contribution in [0, 0.1) is 39.9 Å². The predicted octanol–water partition coefficient (Wildman–Crippen LogP) is 4.39. The first-order valence-corrected chi connectivity index (χ1v) is 14.9. The summed E-state index contributed by atoms with van der Waals surface area (Å²) in [6, 6.07) is 0.584. The highest BCUT2D eigenvalue weighted by molar-refractivity contribution is 5.33. The first-order chi connectivity index (χ1) is 16.5. The Morgan fingerprint density at radius 3 is 2.51 bits per heavy atom. The van der Waals surface area contributed by atoms with Crippen molar-refractivity contribution in [3.05, 3.63) is 0 Å². The van der Waals surface area contributed by atoms with Crippen molar-refractivity contribution in [1.29, 1.82) is 0 Å². The Balaban J connectivity index is 1.44. The van der Waals surface area contributed by atoms with Crippen LogP contribution in [0.5, 0.6) is 0 Å². The molecule has 6 saturated carbocycles. The Hall–Kier alpha value is -0.200. The zero-order valence-corrected chi connectivity index (χ0v) is 22.8. The Kier molecular flexibility index (Phi) is 4.95. The van der Waals surface area contributed by atoms with E-state index in [-0.39, 0.29) is 40.5 Å². The van der Waals surface area contributed by atoms with Gasteiger partial charge in [0.25, 0.3) is 0 Å². The maximum Gasteiger partial charge on any atom is 0.100 e. The Morgan fingerprint density at radius 1 is 1.06 bits per heavy atom. The SMILES string of the molecule is CO[C@]12CCC3(C[C@@H]1[C@](C)(O)C(C)(C)C)[C@H]1CC4CCC(O)C5O[C@@H]2[C@]3(CCCN1CC1CC1)C45. The van der Waals surface area contributed by atoms with Crippen LogP contribution in [-0.2, 0) is 9.47 Å². The van der Waals surface area contributed by atoms with E-state index in [0.29, 0.717) is 17.9 Å². The number of aliphatic hydroxyl groups excluding tert-OH is 1. The number of fused-ring (bicyclic) bond motifs is 2. The summed E-state index contributed by atoms with van der Waals surface area (Å²) in [4.78, 5) is 2.94. The highest BCUT2D eigenvalue weighted by Gasteiger charge is 2.84. The molecule has 5 unspecified atom stereocenters. The summed E-state index contributed by atoms with van der Waals surface area (Å²) >= 11 is 0. The number of rotatable bonds is 4. The number of nitrogens with zero attached hydrogens (tertiary/aromatic N) is 1. The fourth-order valence-electron chi connectivity index (χ4n) is 11.3. The summed E-state index contributed by atoms with van der Waals surface area (Å²) < 4.78 is 13.8. The molecule has 4 bridgehead atoms. The Bertz CT molecular complexity index is 880. The molecular formula is C30H49NO4. The van der Waals surface area contributed by atoms with Crippen LogP contribution in [0.1, 0.15) is 91.9 Å². The number of aliphatic hydroxyl groups is 2. The molecule has 8 rings (SSSR count). The van der Waals surface area contributed by atoms with Gasteiger partial charge in [0.15, 0.2) is 0 Å². The minimum absolute atomic E-state index is 0.0183. The summed E-state index contributed by atoms with van der Waals surface area (Å²) in [7, 11) is 1.89. The molecule has 5 nitrogen and oxygen atoms in total. The second-order valence-electron chi connectivity index (χ2n) is 15.2. The lowest BCUT2D eigenvalue weighted by molar-refractivity contribution is -0.334. The lowest BCUT2D eigenvalue weighted by Gasteiger charge is -2.75. The van der Waals surface area contributed by atoms with E-state index in [0.717, 1.165) is 31.6 Å². The summed E-state index contributed by atoms with van der Waals surface area (Å²) in [6.07, 6.45) is 11.3. The van der Waals surface area contributed by atoms with Crippen LogP contribution in [0.25, 0.3) is 0 Å². The molecule has 8 aliphatic rings. The maximum atomic E-state index is 12.3. The fraction of sp³-hybridized carbons (Fsp3) is 1.00. The van der Waals surface area contributed by atoms with Gasteiger partial charge in [-0.2, -0.15) is 0 Å². The van der Waals surface area contributed by atoms with Crippen molar-refractivity contribution >= 4 is 0 Å². The topological polar surface area (TPSA) is 62.2 Å². The van der Waals surface area contributed by atoms with Gasteiger partial charge in [-0.1, -0.05) is 20.8 Å². The van der Waals surface area contributed by atoms with Gasteiger partial charge in [-0.3, -0.25) is 4.90 Å². The number of methoxy groups -OCH3 is 1. The van der Waals surface area contributed by atoms with Crippen molar-refractivity contribution in [2.24, 2.45) is 39.9 Å². The number of hydrogen-bond acceptors (Lipinski definition) is 5. The Labute approximate surface area is 212 Å². The van der Waals surface area contributed by atoms with Gasteiger partial charge in [0.2, 0.25) is 0 Å². The van der Waals surface area contributed by atoms with E-state index >= 15 is 0 Å². The molecule has 5 heteroatoms. The number of ether oxygens (including phenoxy) is 2. The third-order valence-electron chi connectivity index (χ3n) is 13.3. The molecular weight excluding hydrogens is 438 g/mol. The molecule has 0 aromatic carbocycles. The van der Waals surface area contributed by atoms with E-state index in [1.807, 2.05) is 7.11 Å². The molecule has 11 atom stereocenters. The van der Waals surface area contributed by atoms with Crippen molar-refractivity contribution in [1.82, 2.24) is 4.90 Å². The van der Waals surface area contributed by atoms with Crippen LogP contribution in [-0.4, -0.2) is 70.9 Å². The smallest absolute Gasteiger partial charge is 0.100 e. The first kappa shape index (κ1) is 23.9. The number of likely N-dealkylation sites (tertiary alicyclic amines) is 1. The zero-order valence-electron chi connectivity index (χ0n) is 22.8. The van der Waals surface area contributed by atoms with Crippen LogP contribution >= 0.6 is 0 Å². The summed E-state index contributed by atoms with van der Waals surface area (Å²) in [5, 5.41) is 23.6. The van der Waals surface area contributed by atoms with Crippen LogP contribution in [0.2, 0.25) is 0 Å². The predicted molar refractivity (Wildman–Crippen MR) is 135 cm³/mol. The fourth-order valence-corrected chi connectivity index (χ4v) is 11.3. The molecule has 8 fully saturated rings. The average molecular weight is 488 g/mol. The Morgan fingerprint density at radius 2 is 1.83 bits per heavy atom. The second-order valence-corrected chi connectivity index (χ2v) is 15.2. The van der Waals surface area contributed by atoms with E-state index in [2.05, 4.69) is 32.6 Å². The highest BCUT2D eigenvalue weighted by atomic mass is 16.6. The van der Waals surface area contributed by atoms with E-state index in [1.54, 1.807) is 0 Å². The molecule has 0 radical (unpaired) electrons. The third-order valence-corrected chi connectivity index (χ3v) is 13.3. The molecule has 2 aliphatic heterocycles. The molecule has 2 spiro atoms. The largest absolute Gasteiger partial charge is 0.390 e. The van der Waals surface area contributed by atoms with Gasteiger partial charge in [0.05, 0.1) is 23.9 Å². The van der Waals surface area contributed by atoms with Crippen LogP contribution in [0.3, 0.4) is 0 Å². The normalized spacial score (nSPS) is 54.8. The quantitative estimate of drug-likeness (QED) is 0.616. The summed E-state index contributed by atoms with van der Waals surface area (Å²) in [5.74, 6) is 2.03. The third kappa shape index (κ3) is 2.73. The van der Waals surface area contributed by atoms with Crippen molar-refractivity contribution in [2.45, 2.75) is 127 Å². The van der Waals surface area contributed by atoms with Crippen LogP contribution in [0.4, 0.5) is 0 Å². The van der Waals surface area contributed by atoms with Gasteiger partial charge in [-0.15, -0.1) is 0 Å². The average Bonchev–Trinajstić information content (AvgIpc) is 3.56. The van der Waals surface area contributed by atoms with Gasteiger partial charge in [0.1, 0.15) is 5.60 Å². The molecule has 35 heavy (non-hydrogen) atoms. The highest BCUT2D eigenvalue weighted by Crippen LogP contribution is 2.80. The van der Waals surface area contributed by atoms with E-state index in [4.69, 9.17) is 9.47 Å². The van der Waals surface area contributed by atoms with E-state index < -0.39 is 11.2 Å². The standard InChI is InChI=1S/C30H49NO4/c1-26(2,3)27(4,33)21-16-28-12-13-30(21,34-5)25-29(28)11-6-14-31(17-18-7-8-18)22(28)15-19-9-10-20(32)24(35-25)23(19)29/h18-25,32-33H,6-17H2,1-5H3/t19?,20?,21-,22-,23?,24?,25-,27+,28?,29+,30-/m1/s1. The van der Waals surface area contributed by atoms with Crippen molar-refractivity contribution in [2.75, 3.05) is 20.2 Å². The molecule has 0 aromatic heterocycles. The minimum atomic E-state index is -0.866. The maximum absolute atomic E-state index is 12.3. The minimum Gasteiger partial charge on any atom is -0.390 e. The van der Waals surface area contributed by atoms with Gasteiger partial charge in [0, 0.05) is 31.0 Å². The van der Waals surface area contributed by atoms with E-state index in [1.165, 1.54) is 51.6 Å². The molecule has 0 aromatic rings. The van der Waals surface area contributed by atoms with Crippen molar-refractivity contribution in [3.8, 4) is 0 Å². The number of hydrogen-bond donors (Lipinski definition) is 2. The van der Waals surface area contributed by atoms with E-state index in [9.17, 15) is 10.2 Å². The molecule has 2 heterocycles. The molecule has 198 valence electrons. The van der Waals surface area contributed by atoms with Gasteiger partial charge >= 0.3 is 0 Å². The molecule has 0 amide bonds. The van der Waals surface area contributed by atoms with Gasteiger partial charge < -0.3 is 19.7 Å². The molecule has 2 N–H and O–H groups in total. The van der Waals surface area contributed by atoms with Crippen molar-refractivity contribution in [3.63, 3.8) is 0 Å². The molecule has 6 aliphatic carbocycles.